The van der Waals surface area contributed by atoms with E-state index < -0.39 is 16.8 Å². The van der Waals surface area contributed by atoms with E-state index >= 15 is 0 Å². The molecule has 13 heteroatoms. The van der Waals surface area contributed by atoms with E-state index in [2.05, 4.69) is 37.2 Å². The van der Waals surface area contributed by atoms with Gasteiger partial charge in [0, 0.05) is 55.4 Å². The zero-order valence-corrected chi connectivity index (χ0v) is 25.6. The highest BCUT2D eigenvalue weighted by atomic mass is 35.5. The molecule has 1 unspecified atom stereocenters. The van der Waals surface area contributed by atoms with Gasteiger partial charge in [0.05, 0.1) is 23.5 Å². The highest BCUT2D eigenvalue weighted by Gasteiger charge is 2.34. The largest absolute Gasteiger partial charge is 0.395 e. The van der Waals surface area contributed by atoms with Crippen molar-refractivity contribution in [3.05, 3.63) is 72.1 Å². The third-order valence-corrected chi connectivity index (χ3v) is 8.98. The lowest BCUT2D eigenvalue weighted by molar-refractivity contribution is 0.0609. The van der Waals surface area contributed by atoms with Gasteiger partial charge >= 0.3 is 0 Å². The number of nitrogens with zero attached hydrogens (tertiary/aromatic N) is 4. The van der Waals surface area contributed by atoms with Crippen LogP contribution in [0.5, 0.6) is 0 Å². The molecular formula is C30H37Cl2N7O4. The van der Waals surface area contributed by atoms with Crippen molar-refractivity contribution in [1.29, 1.82) is 0 Å². The number of aromatic nitrogens is 1. The molecule has 43 heavy (non-hydrogen) atoms. The summed E-state index contributed by atoms with van der Waals surface area (Å²) in [5.74, 6) is 0.233. The third kappa shape index (κ3) is 6.81. The highest BCUT2D eigenvalue weighted by molar-refractivity contribution is 6.33. The van der Waals surface area contributed by atoms with Gasteiger partial charge in [-0.05, 0) is 56.1 Å². The quantitative estimate of drug-likeness (QED) is 0.234. The van der Waals surface area contributed by atoms with Crippen LogP contribution in [0, 0.1) is 0 Å². The number of aliphatic hydroxyl groups is 1. The summed E-state index contributed by atoms with van der Waals surface area (Å²) in [5, 5.41) is 15.7. The number of carbonyl (C=O) groups is 1. The Morgan fingerprint density at radius 1 is 1.09 bits per heavy atom. The van der Waals surface area contributed by atoms with Crippen LogP contribution < -0.4 is 32.1 Å². The molecule has 0 saturated carbocycles. The minimum absolute atomic E-state index is 0.149. The summed E-state index contributed by atoms with van der Waals surface area (Å²) in [6.07, 6.45) is 4.69. The molecule has 0 aliphatic carbocycles. The standard InChI is InChI=1S/C30H37Cl2N7O4/c1-2-21-17-38(30-24(32)14-20(15-35-30)36-26-25(34-7-12-40)27(41)28(26)42)10-11-39(21)22-5-8-37(9-6-22)16-18-3-4-19(31)13-23(18)29(33)43/h3-4,13-15,21-22,34,36,40H,2,5-12,16-17H2,1H3,(H2,33,43). The van der Waals surface area contributed by atoms with Crippen LogP contribution in [-0.4, -0.2) is 83.8 Å². The molecule has 2 aromatic carbocycles. The Hall–Kier alpha value is -3.22. The molecule has 1 aromatic heterocycles. The SMILES string of the molecule is CCC1CN(c2ncc(Nc3c(NCCO)c(=O)c3=O)cc2Cl)CCN1C1CCN(Cc2ccc(Cl)cc2C(N)=O)CC1. The Bertz CT molecular complexity index is 1540. The normalized spacial score (nSPS) is 18.7. The summed E-state index contributed by atoms with van der Waals surface area (Å²) < 4.78 is 0. The molecule has 1 atom stereocenters. The van der Waals surface area contributed by atoms with Gasteiger partial charge in [-0.25, -0.2) is 4.98 Å². The highest BCUT2D eigenvalue weighted by Crippen LogP contribution is 2.32. The van der Waals surface area contributed by atoms with E-state index in [9.17, 15) is 14.4 Å². The molecule has 3 heterocycles. The Labute approximate surface area is 260 Å². The van der Waals surface area contributed by atoms with Crippen LogP contribution in [0.2, 0.25) is 10.0 Å². The number of piperidine rings is 1. The first kappa shape index (κ1) is 31.2. The van der Waals surface area contributed by atoms with Gasteiger partial charge in [-0.1, -0.05) is 36.2 Å². The number of carbonyl (C=O) groups excluding carboxylic acids is 1. The van der Waals surface area contributed by atoms with Crippen molar-refractivity contribution in [3.8, 4) is 0 Å². The molecule has 0 bridgehead atoms. The number of rotatable bonds is 11. The van der Waals surface area contributed by atoms with Crippen molar-refractivity contribution in [1.82, 2.24) is 14.8 Å². The van der Waals surface area contributed by atoms with Gasteiger partial charge in [0.1, 0.15) is 17.2 Å². The van der Waals surface area contributed by atoms with Gasteiger partial charge in [-0.2, -0.15) is 0 Å². The second kappa shape index (κ2) is 13.6. The summed E-state index contributed by atoms with van der Waals surface area (Å²) in [6, 6.07) is 7.87. The number of hydrogen-bond donors (Lipinski definition) is 4. The minimum Gasteiger partial charge on any atom is -0.395 e. The molecule has 3 aromatic rings. The number of amides is 1. The van der Waals surface area contributed by atoms with Crippen molar-refractivity contribution in [2.24, 2.45) is 5.73 Å². The number of aliphatic hydroxyl groups excluding tert-OH is 1. The molecule has 1 amide bonds. The molecule has 2 saturated heterocycles. The summed E-state index contributed by atoms with van der Waals surface area (Å²) in [6.45, 7) is 7.25. The maximum atomic E-state index is 12.1. The maximum Gasteiger partial charge on any atom is 0.253 e. The number of pyridine rings is 1. The van der Waals surface area contributed by atoms with E-state index in [1.54, 1.807) is 24.4 Å². The fraction of sp³-hybridized carbons (Fsp3) is 0.467. The Balaban J connectivity index is 1.18. The van der Waals surface area contributed by atoms with E-state index in [1.165, 1.54) is 0 Å². The molecule has 11 nitrogen and oxygen atoms in total. The van der Waals surface area contributed by atoms with E-state index in [1.807, 2.05) is 6.07 Å². The van der Waals surface area contributed by atoms with Gasteiger partial charge in [0.2, 0.25) is 5.91 Å². The second-order valence-electron chi connectivity index (χ2n) is 11.1. The van der Waals surface area contributed by atoms with Crippen molar-refractivity contribution < 1.29 is 9.90 Å². The zero-order valence-electron chi connectivity index (χ0n) is 24.1. The first-order valence-electron chi connectivity index (χ1n) is 14.6. The lowest BCUT2D eigenvalue weighted by Gasteiger charge is -2.47. The molecule has 2 aliphatic rings. The predicted octanol–water partition coefficient (Wildman–Crippen LogP) is 2.80. The van der Waals surface area contributed by atoms with Crippen molar-refractivity contribution in [3.63, 3.8) is 0 Å². The van der Waals surface area contributed by atoms with Gasteiger partial charge in [-0.3, -0.25) is 24.2 Å². The fourth-order valence-corrected chi connectivity index (χ4v) is 6.67. The van der Waals surface area contributed by atoms with Gasteiger partial charge in [-0.15, -0.1) is 0 Å². The van der Waals surface area contributed by atoms with E-state index in [-0.39, 0.29) is 24.5 Å². The average molecular weight is 631 g/mol. The smallest absolute Gasteiger partial charge is 0.253 e. The van der Waals surface area contributed by atoms with Crippen LogP contribution in [0.3, 0.4) is 0 Å². The van der Waals surface area contributed by atoms with Crippen molar-refractivity contribution >= 4 is 52.0 Å². The number of anilines is 4. The number of nitrogens with two attached hydrogens (primary N) is 1. The van der Waals surface area contributed by atoms with Gasteiger partial charge in [0.25, 0.3) is 10.9 Å². The molecule has 0 radical (unpaired) electrons. The molecule has 0 spiro atoms. The number of primary amides is 1. The van der Waals surface area contributed by atoms with Crippen molar-refractivity contribution in [2.45, 2.75) is 44.8 Å². The number of likely N-dealkylation sites (tertiary alicyclic amines) is 1. The first-order valence-corrected chi connectivity index (χ1v) is 15.4. The second-order valence-corrected chi connectivity index (χ2v) is 12.0. The summed E-state index contributed by atoms with van der Waals surface area (Å²) in [4.78, 5) is 47.7. The maximum absolute atomic E-state index is 12.1. The van der Waals surface area contributed by atoms with E-state index in [0.717, 1.165) is 57.5 Å². The van der Waals surface area contributed by atoms with Crippen LogP contribution in [0.4, 0.5) is 22.9 Å². The van der Waals surface area contributed by atoms with E-state index in [4.69, 9.17) is 34.0 Å². The molecule has 2 fully saturated rings. The average Bonchev–Trinajstić information content (AvgIpc) is 3.01. The number of piperazine rings is 1. The number of nitrogens with one attached hydrogen (secondary N) is 2. The third-order valence-electron chi connectivity index (χ3n) is 8.47. The molecular weight excluding hydrogens is 593 g/mol. The summed E-state index contributed by atoms with van der Waals surface area (Å²) in [7, 11) is 0. The molecule has 2 aliphatic heterocycles. The fourth-order valence-electron chi connectivity index (χ4n) is 6.21. The van der Waals surface area contributed by atoms with Crippen LogP contribution in [0.15, 0.2) is 40.1 Å². The van der Waals surface area contributed by atoms with Crippen LogP contribution in [0.25, 0.3) is 0 Å². The summed E-state index contributed by atoms with van der Waals surface area (Å²) >= 11 is 12.8. The summed E-state index contributed by atoms with van der Waals surface area (Å²) in [5.41, 5.74) is 6.56. The molecule has 5 rings (SSSR count). The number of halogens is 2. The predicted molar refractivity (Wildman–Crippen MR) is 171 cm³/mol. The minimum atomic E-state index is -0.617. The van der Waals surface area contributed by atoms with Gasteiger partial charge in [0.15, 0.2) is 0 Å². The molecule has 5 N–H and O–H groups in total. The van der Waals surface area contributed by atoms with Crippen molar-refractivity contribution in [2.75, 3.05) is 61.4 Å². The topological polar surface area (TPSA) is 144 Å². The molecule has 230 valence electrons. The number of hydrogen-bond acceptors (Lipinski definition) is 10. The first-order chi connectivity index (χ1) is 20.7. The van der Waals surface area contributed by atoms with Gasteiger partial charge < -0.3 is 26.4 Å². The Morgan fingerprint density at radius 2 is 1.84 bits per heavy atom. The zero-order chi connectivity index (χ0) is 30.7. The monoisotopic (exact) mass is 629 g/mol. The van der Waals surface area contributed by atoms with Crippen LogP contribution >= 0.6 is 23.2 Å². The Morgan fingerprint density at radius 3 is 2.51 bits per heavy atom. The lowest BCUT2D eigenvalue weighted by Crippen LogP contribution is -2.58. The number of benzene rings is 1. The Kier molecular flexibility index (Phi) is 9.88. The van der Waals surface area contributed by atoms with E-state index in [0.29, 0.717) is 45.7 Å². The van der Waals surface area contributed by atoms with Crippen LogP contribution in [0.1, 0.15) is 42.1 Å². The van der Waals surface area contributed by atoms with Crippen LogP contribution in [-0.2, 0) is 6.54 Å². The lowest BCUT2D eigenvalue weighted by atomic mass is 9.97.